The van der Waals surface area contributed by atoms with Gasteiger partial charge in [0, 0.05) is 11.1 Å². The Morgan fingerprint density at radius 3 is 2.48 bits per heavy atom. The first-order chi connectivity index (χ1) is 12.1. The Hall–Kier alpha value is -1.36. The van der Waals surface area contributed by atoms with Crippen molar-refractivity contribution in [3.63, 3.8) is 0 Å². The van der Waals surface area contributed by atoms with Gasteiger partial charge in [0.15, 0.2) is 0 Å². The molecule has 2 aromatic rings. The number of rotatable bonds is 1. The van der Waals surface area contributed by atoms with Gasteiger partial charge in [-0.3, -0.25) is 0 Å². The Labute approximate surface area is 156 Å². The van der Waals surface area contributed by atoms with Gasteiger partial charge in [0.2, 0.25) is 4.73 Å². The molecule has 1 aromatic carbocycles. The highest BCUT2D eigenvalue weighted by molar-refractivity contribution is 9.10. The fourth-order valence-electron chi connectivity index (χ4n) is 6.65. The van der Waals surface area contributed by atoms with Gasteiger partial charge in [0.1, 0.15) is 5.75 Å². The second-order valence-electron chi connectivity index (χ2n) is 8.92. The number of hydrogen-bond donors (Lipinski definition) is 0. The van der Waals surface area contributed by atoms with E-state index in [-0.39, 0.29) is 0 Å². The molecule has 5 aliphatic rings. The van der Waals surface area contributed by atoms with Crippen LogP contribution < -0.4 is 4.74 Å². The Morgan fingerprint density at radius 1 is 1.12 bits per heavy atom. The number of nitrogens with zero attached hydrogens (tertiary/aromatic N) is 3. The molecule has 0 radical (unpaired) electrons. The van der Waals surface area contributed by atoms with E-state index in [1.807, 2.05) is 4.68 Å². The summed E-state index contributed by atoms with van der Waals surface area (Å²) in [7, 11) is 0. The molecule has 0 atom stereocenters. The molecule has 130 valence electrons. The summed E-state index contributed by atoms with van der Waals surface area (Å²) in [4.78, 5) is 4.41. The Bertz CT molecular complexity index is 852. The van der Waals surface area contributed by atoms with Crippen molar-refractivity contribution in [1.29, 1.82) is 0 Å². The van der Waals surface area contributed by atoms with E-state index in [2.05, 4.69) is 45.1 Å². The van der Waals surface area contributed by atoms with Crippen LogP contribution in [0.3, 0.4) is 0 Å². The molecule has 2 heterocycles. The second kappa shape index (κ2) is 4.87. The van der Waals surface area contributed by atoms with Gasteiger partial charge >= 0.3 is 6.01 Å². The molecule has 4 fully saturated rings. The van der Waals surface area contributed by atoms with Crippen molar-refractivity contribution in [1.82, 2.24) is 14.8 Å². The summed E-state index contributed by atoms with van der Waals surface area (Å²) < 4.78 is 8.79. The van der Waals surface area contributed by atoms with E-state index < -0.39 is 0 Å². The highest BCUT2D eigenvalue weighted by atomic mass is 79.9. The standard InChI is InChI=1S/C20H22BrN3O/c1-11-2-15-10-24-19(22-18(21)23-24)25-17(15)16(3-11)20-7-12-4-13(8-20)6-14(5-12)9-20/h2-3,12-14H,4-10H2,1H3. The maximum atomic E-state index is 6.33. The minimum Gasteiger partial charge on any atom is -0.424 e. The first-order valence-corrected chi connectivity index (χ1v) is 10.3. The molecule has 4 saturated carbocycles. The van der Waals surface area contributed by atoms with E-state index in [0.717, 1.165) is 30.0 Å². The molecular formula is C20H22BrN3O. The fraction of sp³-hybridized carbons (Fsp3) is 0.600. The van der Waals surface area contributed by atoms with Crippen LogP contribution in [0.2, 0.25) is 0 Å². The number of aryl methyl sites for hydroxylation is 1. The molecule has 0 N–H and O–H groups in total. The molecule has 0 unspecified atom stereocenters. The zero-order valence-corrected chi connectivity index (χ0v) is 16.1. The van der Waals surface area contributed by atoms with E-state index in [9.17, 15) is 0 Å². The van der Waals surface area contributed by atoms with Gasteiger partial charge in [-0.1, -0.05) is 17.7 Å². The van der Waals surface area contributed by atoms with Crippen LogP contribution in [0, 0.1) is 24.7 Å². The molecule has 5 heteroatoms. The number of benzene rings is 1. The third-order valence-corrected chi connectivity index (χ3v) is 7.38. The van der Waals surface area contributed by atoms with Crippen LogP contribution in [0.5, 0.6) is 11.8 Å². The summed E-state index contributed by atoms with van der Waals surface area (Å²) >= 11 is 3.38. The maximum Gasteiger partial charge on any atom is 0.321 e. The quantitative estimate of drug-likeness (QED) is 0.579. The van der Waals surface area contributed by atoms with Crippen LogP contribution in [-0.2, 0) is 12.0 Å². The summed E-state index contributed by atoms with van der Waals surface area (Å²) in [6.07, 6.45) is 8.47. The zero-order chi connectivity index (χ0) is 16.8. The van der Waals surface area contributed by atoms with Gasteiger partial charge in [0.05, 0.1) is 6.54 Å². The lowest BCUT2D eigenvalue weighted by atomic mass is 9.48. The number of hydrogen-bond acceptors (Lipinski definition) is 3. The van der Waals surface area contributed by atoms with E-state index in [0.29, 0.717) is 16.2 Å². The van der Waals surface area contributed by atoms with Crippen LogP contribution >= 0.6 is 15.9 Å². The van der Waals surface area contributed by atoms with E-state index in [1.165, 1.54) is 55.2 Å². The van der Waals surface area contributed by atoms with Crippen molar-refractivity contribution >= 4 is 15.9 Å². The lowest BCUT2D eigenvalue weighted by molar-refractivity contribution is -0.00622. The smallest absolute Gasteiger partial charge is 0.321 e. The number of fused-ring (bicyclic) bond motifs is 2. The van der Waals surface area contributed by atoms with E-state index in [1.54, 1.807) is 0 Å². The van der Waals surface area contributed by atoms with Crippen molar-refractivity contribution in [2.45, 2.75) is 57.4 Å². The Balaban J connectivity index is 1.50. The Morgan fingerprint density at radius 2 is 1.80 bits per heavy atom. The highest BCUT2D eigenvalue weighted by Gasteiger charge is 2.53. The van der Waals surface area contributed by atoms with Crippen LogP contribution in [0.15, 0.2) is 16.9 Å². The molecule has 1 aromatic heterocycles. The van der Waals surface area contributed by atoms with Crippen molar-refractivity contribution in [3.8, 4) is 11.8 Å². The summed E-state index contributed by atoms with van der Waals surface area (Å²) in [6.45, 7) is 2.97. The minimum absolute atomic E-state index is 0.338. The van der Waals surface area contributed by atoms with Crippen molar-refractivity contribution in [3.05, 3.63) is 33.6 Å². The molecule has 0 spiro atoms. The molecule has 4 bridgehead atoms. The normalized spacial score (nSPS) is 34.6. The lowest BCUT2D eigenvalue weighted by Crippen LogP contribution is -2.48. The van der Waals surface area contributed by atoms with E-state index >= 15 is 0 Å². The third kappa shape index (κ3) is 2.11. The SMILES string of the molecule is Cc1cc2c(c(C34CC5CC(CC(C5)C3)C4)c1)Oc1nc(Br)nn1C2. The molecule has 1 aliphatic heterocycles. The van der Waals surface area contributed by atoms with Gasteiger partial charge in [-0.15, -0.1) is 5.10 Å². The molecule has 0 saturated heterocycles. The Kier molecular flexibility index (Phi) is 2.88. The number of ether oxygens (including phenoxy) is 1. The average molecular weight is 400 g/mol. The van der Waals surface area contributed by atoms with Crippen LogP contribution in [0.4, 0.5) is 0 Å². The predicted molar refractivity (Wildman–Crippen MR) is 97.9 cm³/mol. The largest absolute Gasteiger partial charge is 0.424 e. The van der Waals surface area contributed by atoms with Gasteiger partial charge in [-0.2, -0.15) is 4.98 Å². The number of aromatic nitrogens is 3. The third-order valence-electron chi connectivity index (χ3n) is 7.05. The van der Waals surface area contributed by atoms with E-state index in [4.69, 9.17) is 4.74 Å². The summed E-state index contributed by atoms with van der Waals surface area (Å²) in [5, 5.41) is 4.40. The van der Waals surface area contributed by atoms with Crippen molar-refractivity contribution < 1.29 is 4.74 Å². The number of halogens is 1. The summed E-state index contributed by atoms with van der Waals surface area (Å²) in [5.41, 5.74) is 4.41. The van der Waals surface area contributed by atoms with Crippen molar-refractivity contribution in [2.75, 3.05) is 0 Å². The molecular weight excluding hydrogens is 378 g/mol. The monoisotopic (exact) mass is 399 g/mol. The van der Waals surface area contributed by atoms with Gasteiger partial charge in [-0.05, 0) is 84.5 Å². The molecule has 25 heavy (non-hydrogen) atoms. The molecule has 4 aliphatic carbocycles. The predicted octanol–water partition coefficient (Wildman–Crippen LogP) is 4.97. The summed E-state index contributed by atoms with van der Waals surface area (Å²) in [6, 6.07) is 5.29. The van der Waals surface area contributed by atoms with Gasteiger partial charge in [0.25, 0.3) is 0 Å². The zero-order valence-electron chi connectivity index (χ0n) is 14.5. The maximum absolute atomic E-state index is 6.33. The van der Waals surface area contributed by atoms with Crippen molar-refractivity contribution in [2.24, 2.45) is 17.8 Å². The first-order valence-electron chi connectivity index (χ1n) is 9.50. The fourth-order valence-corrected chi connectivity index (χ4v) is 7.00. The first kappa shape index (κ1) is 14.8. The van der Waals surface area contributed by atoms with Gasteiger partial charge < -0.3 is 4.74 Å². The van der Waals surface area contributed by atoms with Gasteiger partial charge in [-0.25, -0.2) is 4.68 Å². The van der Waals surface area contributed by atoms with Crippen LogP contribution in [0.25, 0.3) is 0 Å². The molecule has 0 amide bonds. The topological polar surface area (TPSA) is 39.9 Å². The van der Waals surface area contributed by atoms with Crippen LogP contribution in [-0.4, -0.2) is 14.8 Å². The highest BCUT2D eigenvalue weighted by Crippen LogP contribution is 2.62. The summed E-state index contributed by atoms with van der Waals surface area (Å²) in [5.74, 6) is 3.89. The lowest BCUT2D eigenvalue weighted by Gasteiger charge is -2.57. The molecule has 7 rings (SSSR count). The molecule has 4 nitrogen and oxygen atoms in total. The second-order valence-corrected chi connectivity index (χ2v) is 9.63. The minimum atomic E-state index is 0.338. The van der Waals surface area contributed by atoms with Crippen LogP contribution in [0.1, 0.15) is 55.2 Å². The average Bonchev–Trinajstić information content (AvgIpc) is 2.89.